The maximum Gasteiger partial charge on any atom is 0.417 e. The standard InChI is InChI=1S/C24H25F6N5O4S/c1-10(23(25,26)27)32-17-6-14(24(28,29)30)13(7-31-17)19-18(22(38)35-11-2-3-12(35)5-4-11)34-21(40-19)20(37)33-15-8-39-9-16(15)36/h6-7,10-12,15-16,36H,2-5,8-9H2,1H3,(H,31,32)(H,33,37)/t10-,11-,12+,15+,16-/m0/s1. The number of carbonyl (C=O) groups excluding carboxylic acids is 2. The first-order valence-corrected chi connectivity index (χ1v) is 13.4. The van der Waals surface area contributed by atoms with E-state index in [1.165, 1.54) is 0 Å². The van der Waals surface area contributed by atoms with Crippen LogP contribution in [0, 0.1) is 0 Å². The predicted octanol–water partition coefficient (Wildman–Crippen LogP) is 3.84. The van der Waals surface area contributed by atoms with E-state index in [1.54, 1.807) is 4.90 Å². The summed E-state index contributed by atoms with van der Waals surface area (Å²) in [7, 11) is 0. The Hall–Kier alpha value is -2.98. The van der Waals surface area contributed by atoms with Crippen molar-refractivity contribution in [2.24, 2.45) is 0 Å². The fraction of sp³-hybridized carbons (Fsp3) is 0.583. The van der Waals surface area contributed by atoms with Gasteiger partial charge in [0.2, 0.25) is 0 Å². The molecular formula is C24H25F6N5O4S. The minimum Gasteiger partial charge on any atom is -0.388 e. The van der Waals surface area contributed by atoms with Crippen LogP contribution in [-0.2, 0) is 10.9 Å². The van der Waals surface area contributed by atoms with Crippen LogP contribution in [0.15, 0.2) is 12.3 Å². The Morgan fingerprint density at radius 2 is 1.77 bits per heavy atom. The fourth-order valence-electron chi connectivity index (χ4n) is 5.28. The molecule has 0 aromatic carbocycles. The van der Waals surface area contributed by atoms with Gasteiger partial charge in [-0.1, -0.05) is 0 Å². The SMILES string of the molecule is C[C@H](Nc1cc(C(F)(F)F)c(-c2sc(C(=O)N[C@@H]3COC[C@@H]3O)nc2C(=O)N2[C@H]3CC[C@@H]2CC3)cn1)C(F)(F)F. The van der Waals surface area contributed by atoms with Crippen LogP contribution in [0.3, 0.4) is 0 Å². The van der Waals surface area contributed by atoms with Gasteiger partial charge in [-0.05, 0) is 38.7 Å². The van der Waals surface area contributed by atoms with Gasteiger partial charge in [0.25, 0.3) is 11.8 Å². The van der Waals surface area contributed by atoms with Crippen LogP contribution in [0.25, 0.3) is 10.4 Å². The molecule has 3 saturated heterocycles. The van der Waals surface area contributed by atoms with Gasteiger partial charge in [0, 0.05) is 23.8 Å². The van der Waals surface area contributed by atoms with Crippen LogP contribution >= 0.6 is 11.3 Å². The third kappa shape index (κ3) is 5.48. The summed E-state index contributed by atoms with van der Waals surface area (Å²) in [6.45, 7) is 0.745. The maximum atomic E-state index is 14.2. The monoisotopic (exact) mass is 593 g/mol. The molecule has 0 spiro atoms. The molecule has 2 aromatic rings. The first-order chi connectivity index (χ1) is 18.7. The van der Waals surface area contributed by atoms with E-state index < -0.39 is 59.3 Å². The lowest BCUT2D eigenvalue weighted by molar-refractivity contribution is -0.138. The van der Waals surface area contributed by atoms with Crippen molar-refractivity contribution in [3.63, 3.8) is 0 Å². The summed E-state index contributed by atoms with van der Waals surface area (Å²) in [6, 6.07) is -2.70. The third-order valence-electron chi connectivity index (χ3n) is 7.39. The Morgan fingerprint density at radius 1 is 1.12 bits per heavy atom. The zero-order valence-corrected chi connectivity index (χ0v) is 21.8. The molecule has 3 atom stereocenters. The number of thiazole rings is 1. The molecule has 16 heteroatoms. The lowest BCUT2D eigenvalue weighted by Gasteiger charge is -2.22. The molecule has 2 amide bonds. The van der Waals surface area contributed by atoms with E-state index in [9.17, 15) is 41.0 Å². The number of nitrogens with zero attached hydrogens (tertiary/aromatic N) is 3. The van der Waals surface area contributed by atoms with Crippen LogP contribution < -0.4 is 10.6 Å². The van der Waals surface area contributed by atoms with Crippen LogP contribution in [-0.4, -0.2) is 81.5 Å². The van der Waals surface area contributed by atoms with Crippen molar-refractivity contribution in [3.8, 4) is 10.4 Å². The summed E-state index contributed by atoms with van der Waals surface area (Å²) in [5, 5.41) is 14.1. The highest BCUT2D eigenvalue weighted by Crippen LogP contribution is 2.44. The molecule has 0 radical (unpaired) electrons. The molecule has 3 N–H and O–H groups in total. The van der Waals surface area contributed by atoms with Crippen molar-refractivity contribution in [1.29, 1.82) is 0 Å². The molecule has 5 heterocycles. The van der Waals surface area contributed by atoms with E-state index >= 15 is 0 Å². The number of alkyl halides is 6. The van der Waals surface area contributed by atoms with E-state index in [-0.39, 0.29) is 40.9 Å². The lowest BCUT2D eigenvalue weighted by atomic mass is 10.0. The number of halogens is 6. The number of aliphatic hydroxyl groups is 1. The number of pyridine rings is 1. The van der Waals surface area contributed by atoms with E-state index in [4.69, 9.17) is 4.74 Å². The molecule has 0 unspecified atom stereocenters. The van der Waals surface area contributed by atoms with Gasteiger partial charge in [-0.15, -0.1) is 11.3 Å². The lowest BCUT2D eigenvalue weighted by Crippen LogP contribution is -2.42. The quantitative estimate of drug-likeness (QED) is 0.436. The van der Waals surface area contributed by atoms with E-state index in [2.05, 4.69) is 15.3 Å². The molecule has 40 heavy (non-hydrogen) atoms. The number of amides is 2. The number of rotatable bonds is 6. The van der Waals surface area contributed by atoms with Gasteiger partial charge in [-0.2, -0.15) is 26.3 Å². The van der Waals surface area contributed by atoms with Gasteiger partial charge in [-0.25, -0.2) is 9.97 Å². The van der Waals surface area contributed by atoms with Crippen molar-refractivity contribution in [1.82, 2.24) is 20.2 Å². The highest BCUT2D eigenvalue weighted by Gasteiger charge is 2.45. The van der Waals surface area contributed by atoms with Gasteiger partial charge in [0.05, 0.1) is 35.8 Å². The number of aromatic nitrogens is 2. The van der Waals surface area contributed by atoms with Crippen LogP contribution in [0.2, 0.25) is 0 Å². The fourth-order valence-corrected chi connectivity index (χ4v) is 6.26. The van der Waals surface area contributed by atoms with Crippen molar-refractivity contribution in [2.45, 2.75) is 75.2 Å². The number of fused-ring (bicyclic) bond motifs is 2. The minimum atomic E-state index is -5.04. The first-order valence-electron chi connectivity index (χ1n) is 12.5. The molecule has 5 rings (SSSR count). The van der Waals surface area contributed by atoms with Gasteiger partial charge in [0.15, 0.2) is 5.01 Å². The third-order valence-corrected chi connectivity index (χ3v) is 8.48. The number of hydrogen-bond donors (Lipinski definition) is 3. The maximum absolute atomic E-state index is 14.2. The summed E-state index contributed by atoms with van der Waals surface area (Å²) in [5.41, 5.74) is -2.30. The van der Waals surface area contributed by atoms with Crippen molar-refractivity contribution in [3.05, 3.63) is 28.5 Å². The minimum absolute atomic E-state index is 0.0104. The molecule has 3 aliphatic heterocycles. The molecule has 9 nitrogen and oxygen atoms in total. The van der Waals surface area contributed by atoms with Gasteiger partial charge < -0.3 is 25.4 Å². The second-order valence-electron chi connectivity index (χ2n) is 10.1. The average molecular weight is 594 g/mol. The molecule has 0 aliphatic carbocycles. The van der Waals surface area contributed by atoms with Crippen molar-refractivity contribution in [2.75, 3.05) is 18.5 Å². The van der Waals surface area contributed by atoms with Crippen LogP contribution in [0.4, 0.5) is 32.2 Å². The smallest absolute Gasteiger partial charge is 0.388 e. The zero-order valence-electron chi connectivity index (χ0n) is 21.0. The van der Waals surface area contributed by atoms with Gasteiger partial charge in [0.1, 0.15) is 17.6 Å². The normalized spacial score (nSPS) is 25.4. The summed E-state index contributed by atoms with van der Waals surface area (Å²) < 4.78 is 86.8. The van der Waals surface area contributed by atoms with E-state index in [0.717, 1.165) is 38.8 Å². The number of hydrogen-bond acceptors (Lipinski definition) is 8. The van der Waals surface area contributed by atoms with E-state index in [0.29, 0.717) is 17.4 Å². The number of aliphatic hydroxyl groups excluding tert-OH is 1. The Bertz CT molecular complexity index is 1280. The summed E-state index contributed by atoms with van der Waals surface area (Å²) in [5.74, 6) is -2.10. The average Bonchev–Trinajstić information content (AvgIpc) is 3.67. The topological polar surface area (TPSA) is 117 Å². The molecule has 218 valence electrons. The summed E-state index contributed by atoms with van der Waals surface area (Å²) >= 11 is 0.536. The highest BCUT2D eigenvalue weighted by molar-refractivity contribution is 7.17. The Labute approximate surface area is 227 Å². The number of ether oxygens (including phenoxy) is 1. The molecule has 0 saturated carbocycles. The van der Waals surface area contributed by atoms with Gasteiger partial charge in [-0.3, -0.25) is 9.59 Å². The first kappa shape index (κ1) is 28.5. The second-order valence-corrected chi connectivity index (χ2v) is 11.1. The molecule has 3 fully saturated rings. The number of nitrogens with one attached hydrogen (secondary N) is 2. The molecule has 2 bridgehead atoms. The summed E-state index contributed by atoms with van der Waals surface area (Å²) in [4.78, 5) is 35.9. The number of carbonyl (C=O) groups is 2. The van der Waals surface area contributed by atoms with E-state index in [1.807, 2.05) is 5.32 Å². The Morgan fingerprint density at radius 3 is 2.33 bits per heavy atom. The highest BCUT2D eigenvalue weighted by atomic mass is 32.1. The van der Waals surface area contributed by atoms with Crippen LogP contribution in [0.1, 0.15) is 58.5 Å². The largest absolute Gasteiger partial charge is 0.417 e. The predicted molar refractivity (Wildman–Crippen MR) is 130 cm³/mol. The Kier molecular flexibility index (Phi) is 7.46. The zero-order chi connectivity index (χ0) is 29.0. The number of anilines is 1. The molecule has 2 aromatic heterocycles. The Balaban J connectivity index is 1.56. The van der Waals surface area contributed by atoms with Gasteiger partial charge >= 0.3 is 12.4 Å². The summed E-state index contributed by atoms with van der Waals surface area (Å²) in [6.07, 6.45) is -7.05. The molecule has 3 aliphatic rings. The second kappa shape index (κ2) is 10.4. The van der Waals surface area contributed by atoms with Crippen molar-refractivity contribution < 1.29 is 45.8 Å². The van der Waals surface area contributed by atoms with Crippen LogP contribution in [0.5, 0.6) is 0 Å². The molecular weight excluding hydrogens is 568 g/mol. The van der Waals surface area contributed by atoms with Crippen molar-refractivity contribution >= 4 is 29.0 Å².